The minimum absolute atomic E-state index is 0.0330. The molecule has 1 aromatic heterocycles. The predicted octanol–water partition coefficient (Wildman–Crippen LogP) is 4.66. The Labute approximate surface area is 186 Å². The summed E-state index contributed by atoms with van der Waals surface area (Å²) in [5.74, 6) is -0.0479. The minimum atomic E-state index is -0.447. The molecule has 0 atom stereocenters. The number of amides is 1. The van der Waals surface area contributed by atoms with Crippen LogP contribution in [0.3, 0.4) is 0 Å². The number of hydrogen-bond donors (Lipinski definition) is 2. The fourth-order valence-electron chi connectivity index (χ4n) is 3.38. The first kappa shape index (κ1) is 21.1. The summed E-state index contributed by atoms with van der Waals surface area (Å²) in [6, 6.07) is 22.3. The third kappa shape index (κ3) is 4.16. The van der Waals surface area contributed by atoms with Crippen LogP contribution < -0.4 is 16.6 Å². The lowest BCUT2D eigenvalue weighted by molar-refractivity contribution is 0.102. The summed E-state index contributed by atoms with van der Waals surface area (Å²) in [4.78, 5) is 30.9. The van der Waals surface area contributed by atoms with Crippen molar-refractivity contribution in [3.05, 3.63) is 105 Å². The van der Waals surface area contributed by atoms with Crippen molar-refractivity contribution < 1.29 is 4.79 Å². The zero-order valence-electron chi connectivity index (χ0n) is 18.2. The highest BCUT2D eigenvalue weighted by Crippen LogP contribution is 2.24. The summed E-state index contributed by atoms with van der Waals surface area (Å²) < 4.78 is 1.48. The molecule has 3 N–H and O–H groups in total. The number of hydrogen-bond acceptors (Lipinski definition) is 4. The average Bonchev–Trinajstić information content (AvgIpc) is 2.78. The number of nitrogens with one attached hydrogen (secondary N) is 1. The van der Waals surface area contributed by atoms with Crippen molar-refractivity contribution >= 4 is 17.4 Å². The average molecular weight is 425 g/mol. The third-order valence-electron chi connectivity index (χ3n) is 5.27. The molecular formula is C26H24N4O2. The van der Waals surface area contributed by atoms with Crippen molar-refractivity contribution in [3.8, 4) is 17.1 Å². The molecule has 3 aromatic carbocycles. The van der Waals surface area contributed by atoms with Gasteiger partial charge in [-0.15, -0.1) is 0 Å². The smallest absolute Gasteiger partial charge is 0.284 e. The Balaban J connectivity index is 1.87. The summed E-state index contributed by atoms with van der Waals surface area (Å²) in [5.41, 5.74) is 10.7. The van der Waals surface area contributed by atoms with Crippen LogP contribution in [0.5, 0.6) is 0 Å². The molecule has 0 spiro atoms. The van der Waals surface area contributed by atoms with E-state index in [1.54, 1.807) is 12.1 Å². The van der Waals surface area contributed by atoms with Crippen molar-refractivity contribution in [2.45, 2.75) is 20.8 Å². The summed E-state index contributed by atoms with van der Waals surface area (Å²) in [5, 5.41) is 2.66. The molecule has 0 unspecified atom stereocenters. The lowest BCUT2D eigenvalue weighted by Crippen LogP contribution is -2.29. The molecule has 4 aromatic rings. The van der Waals surface area contributed by atoms with Gasteiger partial charge in [0.1, 0.15) is 5.82 Å². The molecule has 1 amide bonds. The maximum Gasteiger partial charge on any atom is 0.284 e. The van der Waals surface area contributed by atoms with Crippen molar-refractivity contribution in [1.82, 2.24) is 9.55 Å². The zero-order valence-corrected chi connectivity index (χ0v) is 18.2. The maximum absolute atomic E-state index is 13.6. The SMILES string of the molecule is Cc1ccc(C(=O)Nc2c(N)nc(-c3ccc(C)cc3)n(-c3ccc(C)cc3)c2=O)cc1. The Hall–Kier alpha value is -4.19. The number of nitrogens with zero attached hydrogens (tertiary/aromatic N) is 2. The molecular weight excluding hydrogens is 400 g/mol. The highest BCUT2D eigenvalue weighted by molar-refractivity contribution is 6.05. The maximum atomic E-state index is 13.6. The van der Waals surface area contributed by atoms with E-state index in [4.69, 9.17) is 5.73 Å². The predicted molar refractivity (Wildman–Crippen MR) is 128 cm³/mol. The number of benzene rings is 3. The molecule has 0 aliphatic carbocycles. The van der Waals surface area contributed by atoms with E-state index in [0.717, 1.165) is 22.3 Å². The molecule has 4 rings (SSSR count). The van der Waals surface area contributed by atoms with Gasteiger partial charge in [-0.3, -0.25) is 14.2 Å². The van der Waals surface area contributed by atoms with Gasteiger partial charge < -0.3 is 11.1 Å². The largest absolute Gasteiger partial charge is 0.382 e. The van der Waals surface area contributed by atoms with Crippen LogP contribution in [0, 0.1) is 20.8 Å². The highest BCUT2D eigenvalue weighted by Gasteiger charge is 2.20. The van der Waals surface area contributed by atoms with Gasteiger partial charge in [-0.2, -0.15) is 0 Å². The van der Waals surface area contributed by atoms with Crippen molar-refractivity contribution in [2.24, 2.45) is 0 Å². The van der Waals surface area contributed by atoms with E-state index in [0.29, 0.717) is 17.1 Å². The number of carbonyl (C=O) groups excluding carboxylic acids is 1. The minimum Gasteiger partial charge on any atom is -0.382 e. The molecule has 1 heterocycles. The molecule has 6 heteroatoms. The first-order chi connectivity index (χ1) is 15.3. The topological polar surface area (TPSA) is 90.0 Å². The van der Waals surface area contributed by atoms with Gasteiger partial charge in [0.25, 0.3) is 11.5 Å². The van der Waals surface area contributed by atoms with Gasteiger partial charge in [-0.05, 0) is 45.0 Å². The number of nitrogens with two attached hydrogens (primary N) is 1. The quantitative estimate of drug-likeness (QED) is 0.499. The van der Waals surface area contributed by atoms with Crippen molar-refractivity contribution in [3.63, 3.8) is 0 Å². The summed E-state index contributed by atoms with van der Waals surface area (Å²) in [6.07, 6.45) is 0. The van der Waals surface area contributed by atoms with Crippen LogP contribution in [0.15, 0.2) is 77.6 Å². The van der Waals surface area contributed by atoms with Crippen LogP contribution in [0.25, 0.3) is 17.1 Å². The number of nitrogen functional groups attached to an aromatic ring is 1. The van der Waals surface area contributed by atoms with Gasteiger partial charge in [-0.1, -0.05) is 65.2 Å². The fraction of sp³-hybridized carbons (Fsp3) is 0.115. The van der Waals surface area contributed by atoms with E-state index in [-0.39, 0.29) is 11.5 Å². The van der Waals surface area contributed by atoms with Gasteiger partial charge in [0.2, 0.25) is 0 Å². The first-order valence-corrected chi connectivity index (χ1v) is 10.3. The van der Waals surface area contributed by atoms with Crippen LogP contribution in [0.1, 0.15) is 27.0 Å². The van der Waals surface area contributed by atoms with Gasteiger partial charge >= 0.3 is 0 Å². The van der Waals surface area contributed by atoms with Crippen LogP contribution in [-0.2, 0) is 0 Å². The molecule has 0 bridgehead atoms. The van der Waals surface area contributed by atoms with Crippen LogP contribution in [0.4, 0.5) is 11.5 Å². The normalized spacial score (nSPS) is 10.7. The number of rotatable bonds is 4. The molecule has 0 saturated carbocycles. The molecule has 160 valence electrons. The van der Waals surface area contributed by atoms with E-state index in [2.05, 4.69) is 10.3 Å². The van der Waals surface area contributed by atoms with Crippen molar-refractivity contribution in [1.29, 1.82) is 0 Å². The summed E-state index contributed by atoms with van der Waals surface area (Å²) in [7, 11) is 0. The molecule has 0 radical (unpaired) electrons. The number of aromatic nitrogens is 2. The summed E-state index contributed by atoms with van der Waals surface area (Å²) >= 11 is 0. The van der Waals surface area contributed by atoms with E-state index < -0.39 is 11.5 Å². The van der Waals surface area contributed by atoms with E-state index >= 15 is 0 Å². The van der Waals surface area contributed by atoms with E-state index in [1.165, 1.54) is 4.57 Å². The van der Waals surface area contributed by atoms with Gasteiger partial charge in [0.15, 0.2) is 11.5 Å². The lowest BCUT2D eigenvalue weighted by atomic mass is 10.1. The van der Waals surface area contributed by atoms with Gasteiger partial charge in [0, 0.05) is 11.1 Å². The fourth-order valence-corrected chi connectivity index (χ4v) is 3.38. The second-order valence-corrected chi connectivity index (χ2v) is 7.86. The lowest BCUT2D eigenvalue weighted by Gasteiger charge is -2.16. The Kier molecular flexibility index (Phi) is 5.60. The Bertz CT molecular complexity index is 1340. The highest BCUT2D eigenvalue weighted by atomic mass is 16.2. The molecule has 0 saturated heterocycles. The molecule has 32 heavy (non-hydrogen) atoms. The van der Waals surface area contributed by atoms with Gasteiger partial charge in [0.05, 0.1) is 5.69 Å². The monoisotopic (exact) mass is 424 g/mol. The molecule has 0 aliphatic rings. The zero-order chi connectivity index (χ0) is 22.8. The third-order valence-corrected chi connectivity index (χ3v) is 5.27. The van der Waals surface area contributed by atoms with E-state index in [1.807, 2.05) is 81.4 Å². The number of anilines is 2. The van der Waals surface area contributed by atoms with Gasteiger partial charge in [-0.25, -0.2) is 4.98 Å². The summed E-state index contributed by atoms with van der Waals surface area (Å²) in [6.45, 7) is 5.90. The second-order valence-electron chi connectivity index (χ2n) is 7.86. The second kappa shape index (κ2) is 8.51. The Morgan fingerprint density at radius 2 is 1.31 bits per heavy atom. The Morgan fingerprint density at radius 3 is 1.88 bits per heavy atom. The standard InChI is InChI=1S/C26H24N4O2/c1-16-4-10-19(11-5-16)24-29-23(27)22(28-25(31)20-12-6-17(2)7-13-20)26(32)30(24)21-14-8-18(3)9-15-21/h4-15H,27H2,1-3H3,(H,28,31). The van der Waals surface area contributed by atoms with Crippen LogP contribution in [0.2, 0.25) is 0 Å². The van der Waals surface area contributed by atoms with Crippen LogP contribution >= 0.6 is 0 Å². The molecule has 0 aliphatic heterocycles. The Morgan fingerprint density at radius 1 is 0.812 bits per heavy atom. The number of carbonyl (C=O) groups is 1. The van der Waals surface area contributed by atoms with Crippen LogP contribution in [-0.4, -0.2) is 15.5 Å². The number of aryl methyl sites for hydroxylation is 3. The molecule has 0 fully saturated rings. The van der Waals surface area contributed by atoms with Crippen molar-refractivity contribution in [2.75, 3.05) is 11.1 Å². The molecule has 6 nitrogen and oxygen atoms in total. The first-order valence-electron chi connectivity index (χ1n) is 10.3. The van der Waals surface area contributed by atoms with E-state index in [9.17, 15) is 9.59 Å².